The first-order valence-electron chi connectivity index (χ1n) is 8.89. The van der Waals surface area contributed by atoms with Gasteiger partial charge in [0.25, 0.3) is 0 Å². The lowest BCUT2D eigenvalue weighted by Crippen LogP contribution is -2.23. The Morgan fingerprint density at radius 2 is 2.20 bits per heavy atom. The summed E-state index contributed by atoms with van der Waals surface area (Å²) in [6.07, 6.45) is 8.54. The molecule has 0 bridgehead atoms. The van der Waals surface area contributed by atoms with E-state index >= 15 is 0 Å². The molecule has 0 unspecified atom stereocenters. The van der Waals surface area contributed by atoms with Crippen LogP contribution in [0.5, 0.6) is 0 Å². The highest BCUT2D eigenvalue weighted by atomic mass is 16.5. The van der Waals surface area contributed by atoms with Crippen LogP contribution in [0.3, 0.4) is 0 Å². The number of aromatic nitrogens is 3. The van der Waals surface area contributed by atoms with Gasteiger partial charge < -0.3 is 8.92 Å². The number of likely N-dealkylation sites (tertiary alicyclic amines) is 1. The number of fused-ring (bicyclic) bond motifs is 1. The maximum Gasteiger partial charge on any atom is 0.229 e. The molecule has 1 aliphatic heterocycles. The van der Waals surface area contributed by atoms with E-state index < -0.39 is 0 Å². The van der Waals surface area contributed by atoms with E-state index in [0.29, 0.717) is 5.92 Å². The van der Waals surface area contributed by atoms with E-state index in [2.05, 4.69) is 27.3 Å². The second kappa shape index (κ2) is 5.71. The molecule has 4 heterocycles. The minimum absolute atomic E-state index is 0.186. The first kappa shape index (κ1) is 14.7. The van der Waals surface area contributed by atoms with Crippen molar-refractivity contribution in [3.8, 4) is 6.07 Å². The molecule has 0 spiro atoms. The summed E-state index contributed by atoms with van der Waals surface area (Å²) in [6, 6.07) is 8.50. The third-order valence-electron chi connectivity index (χ3n) is 5.29. The van der Waals surface area contributed by atoms with E-state index in [1.807, 2.05) is 28.8 Å². The summed E-state index contributed by atoms with van der Waals surface area (Å²) in [5.74, 6) is 2.09. The van der Waals surface area contributed by atoms with Gasteiger partial charge in [-0.1, -0.05) is 11.2 Å². The van der Waals surface area contributed by atoms with Gasteiger partial charge in [-0.05, 0) is 44.4 Å². The zero-order chi connectivity index (χ0) is 16.8. The van der Waals surface area contributed by atoms with Crippen LogP contribution in [-0.2, 0) is 6.54 Å². The molecule has 6 nitrogen and oxygen atoms in total. The van der Waals surface area contributed by atoms with Crippen LogP contribution in [0.1, 0.15) is 60.5 Å². The van der Waals surface area contributed by atoms with Crippen LogP contribution in [0.25, 0.3) is 5.52 Å². The Kier molecular flexibility index (Phi) is 3.35. The van der Waals surface area contributed by atoms with Gasteiger partial charge in [0, 0.05) is 30.4 Å². The molecule has 2 fully saturated rings. The highest BCUT2D eigenvalue weighted by Gasteiger charge is 2.34. The van der Waals surface area contributed by atoms with Crippen molar-refractivity contribution in [1.82, 2.24) is 19.4 Å². The van der Waals surface area contributed by atoms with Crippen molar-refractivity contribution < 1.29 is 4.52 Å². The summed E-state index contributed by atoms with van der Waals surface area (Å²) < 4.78 is 7.47. The molecular formula is C19H19N5O. The summed E-state index contributed by atoms with van der Waals surface area (Å²) >= 11 is 0. The number of nitriles is 1. The topological polar surface area (TPSA) is 70.4 Å². The van der Waals surface area contributed by atoms with Gasteiger partial charge in [0.1, 0.15) is 6.07 Å². The summed E-state index contributed by atoms with van der Waals surface area (Å²) in [7, 11) is 0. The largest absolute Gasteiger partial charge is 0.339 e. The van der Waals surface area contributed by atoms with Gasteiger partial charge in [-0.3, -0.25) is 4.90 Å². The number of nitrogens with zero attached hydrogens (tertiary/aromatic N) is 5. The Hall–Kier alpha value is -2.65. The van der Waals surface area contributed by atoms with Crippen LogP contribution >= 0.6 is 0 Å². The minimum Gasteiger partial charge on any atom is -0.339 e. The Labute approximate surface area is 145 Å². The lowest BCUT2D eigenvalue weighted by atomic mass is 10.1. The zero-order valence-electron chi connectivity index (χ0n) is 13.9. The van der Waals surface area contributed by atoms with Crippen LogP contribution in [0.2, 0.25) is 0 Å². The Morgan fingerprint density at radius 3 is 3.04 bits per heavy atom. The second-order valence-corrected chi connectivity index (χ2v) is 7.03. The molecule has 0 N–H and O–H groups in total. The average Bonchev–Trinajstić information content (AvgIpc) is 3.07. The molecule has 3 aromatic heterocycles. The standard InChI is InChI=1S/C19H19N5O/c20-10-15-14(11-23-8-2-1-4-16(15)23)12-24-9-3-5-17(24)18-21-19(25-22-18)13-6-7-13/h1-2,4,8,11,13,17H,3,5-7,9,12H2/t17-/m1/s1. The summed E-state index contributed by atoms with van der Waals surface area (Å²) in [5.41, 5.74) is 2.79. The molecular weight excluding hydrogens is 314 g/mol. The third-order valence-corrected chi connectivity index (χ3v) is 5.29. The van der Waals surface area contributed by atoms with E-state index in [1.54, 1.807) is 0 Å². The van der Waals surface area contributed by atoms with Crippen LogP contribution in [0.15, 0.2) is 35.1 Å². The maximum absolute atomic E-state index is 9.61. The summed E-state index contributed by atoms with van der Waals surface area (Å²) in [6.45, 7) is 1.73. The van der Waals surface area contributed by atoms with Gasteiger partial charge in [-0.15, -0.1) is 0 Å². The minimum atomic E-state index is 0.186. The molecule has 6 heteroatoms. The van der Waals surface area contributed by atoms with Crippen molar-refractivity contribution in [2.24, 2.45) is 0 Å². The molecule has 0 amide bonds. The predicted octanol–water partition coefficient (Wildman–Crippen LogP) is 3.41. The molecule has 1 atom stereocenters. The molecule has 3 aromatic rings. The molecule has 5 rings (SSSR count). The number of pyridine rings is 1. The molecule has 0 aromatic carbocycles. The molecule has 1 aliphatic carbocycles. The van der Waals surface area contributed by atoms with Crippen molar-refractivity contribution in [2.45, 2.75) is 44.2 Å². The van der Waals surface area contributed by atoms with E-state index in [1.165, 1.54) is 12.8 Å². The average molecular weight is 333 g/mol. The van der Waals surface area contributed by atoms with Crippen molar-refractivity contribution in [2.75, 3.05) is 6.54 Å². The van der Waals surface area contributed by atoms with Gasteiger partial charge in [0.05, 0.1) is 17.1 Å². The maximum atomic E-state index is 9.61. The highest BCUT2D eigenvalue weighted by molar-refractivity contribution is 5.65. The van der Waals surface area contributed by atoms with Gasteiger partial charge >= 0.3 is 0 Å². The van der Waals surface area contributed by atoms with Crippen LogP contribution in [-0.4, -0.2) is 26.0 Å². The van der Waals surface area contributed by atoms with Gasteiger partial charge in [0.2, 0.25) is 5.89 Å². The quantitative estimate of drug-likeness (QED) is 0.732. The highest BCUT2D eigenvalue weighted by Crippen LogP contribution is 2.40. The molecule has 1 saturated carbocycles. The van der Waals surface area contributed by atoms with Crippen LogP contribution in [0.4, 0.5) is 0 Å². The fraction of sp³-hybridized carbons (Fsp3) is 0.421. The SMILES string of the molecule is N#Cc1c(CN2CCC[C@@H]2c2noc(C3CC3)n2)cn2ccccc12. The molecule has 25 heavy (non-hydrogen) atoms. The van der Waals surface area contributed by atoms with E-state index in [4.69, 9.17) is 4.52 Å². The first-order chi connectivity index (χ1) is 12.3. The van der Waals surface area contributed by atoms with E-state index in [9.17, 15) is 5.26 Å². The Morgan fingerprint density at radius 1 is 1.28 bits per heavy atom. The number of rotatable bonds is 4. The Bertz CT molecular complexity index is 962. The normalized spacial score (nSPS) is 21.0. The second-order valence-electron chi connectivity index (χ2n) is 7.03. The summed E-state index contributed by atoms with van der Waals surface area (Å²) in [4.78, 5) is 7.01. The van der Waals surface area contributed by atoms with Gasteiger partial charge in [0.15, 0.2) is 5.82 Å². The van der Waals surface area contributed by atoms with Crippen molar-refractivity contribution in [3.05, 3.63) is 53.4 Å². The molecule has 126 valence electrons. The number of hydrogen-bond acceptors (Lipinski definition) is 5. The zero-order valence-corrected chi connectivity index (χ0v) is 13.9. The molecule has 1 saturated heterocycles. The fourth-order valence-electron chi connectivity index (χ4n) is 3.83. The lowest BCUT2D eigenvalue weighted by Gasteiger charge is -2.21. The lowest BCUT2D eigenvalue weighted by molar-refractivity contribution is 0.234. The van der Waals surface area contributed by atoms with Crippen LogP contribution < -0.4 is 0 Å². The van der Waals surface area contributed by atoms with Crippen molar-refractivity contribution in [3.63, 3.8) is 0 Å². The van der Waals surface area contributed by atoms with E-state index in [-0.39, 0.29) is 6.04 Å². The van der Waals surface area contributed by atoms with Crippen molar-refractivity contribution in [1.29, 1.82) is 5.26 Å². The van der Waals surface area contributed by atoms with Gasteiger partial charge in [-0.25, -0.2) is 0 Å². The van der Waals surface area contributed by atoms with Crippen LogP contribution in [0, 0.1) is 11.3 Å². The van der Waals surface area contributed by atoms with Gasteiger partial charge in [-0.2, -0.15) is 10.2 Å². The monoisotopic (exact) mass is 333 g/mol. The summed E-state index contributed by atoms with van der Waals surface area (Å²) in [5, 5.41) is 13.9. The van der Waals surface area contributed by atoms with Crippen molar-refractivity contribution >= 4 is 5.52 Å². The number of hydrogen-bond donors (Lipinski definition) is 0. The smallest absolute Gasteiger partial charge is 0.229 e. The fourth-order valence-corrected chi connectivity index (χ4v) is 3.83. The Balaban J connectivity index is 1.43. The van der Waals surface area contributed by atoms with E-state index in [0.717, 1.165) is 54.3 Å². The molecule has 2 aliphatic rings. The first-order valence-corrected chi connectivity index (χ1v) is 8.89. The molecule has 0 radical (unpaired) electrons. The predicted molar refractivity (Wildman–Crippen MR) is 90.8 cm³/mol. The third kappa shape index (κ3) is 2.52.